The number of benzene rings is 2. The normalized spacial score (nSPS) is 17.5. The van der Waals surface area contributed by atoms with Gasteiger partial charge in [-0.2, -0.15) is 26.3 Å². The smallest absolute Gasteiger partial charge is 0.408 e. The van der Waals surface area contributed by atoms with Crippen molar-refractivity contribution in [1.82, 2.24) is 15.2 Å². The minimum atomic E-state index is -5.06. The molecule has 1 aliphatic heterocycles. The van der Waals surface area contributed by atoms with Gasteiger partial charge >= 0.3 is 18.1 Å². The van der Waals surface area contributed by atoms with Gasteiger partial charge in [-0.3, -0.25) is 14.6 Å². The number of fused-ring (bicyclic) bond motifs is 1. The number of alkyl halides is 6. The first-order chi connectivity index (χ1) is 19.2. The highest BCUT2D eigenvalue weighted by molar-refractivity contribution is 6.01. The summed E-state index contributed by atoms with van der Waals surface area (Å²) in [6, 6.07) is 5.30. The van der Waals surface area contributed by atoms with E-state index in [4.69, 9.17) is 4.42 Å². The number of aromatic amines is 1. The van der Waals surface area contributed by atoms with E-state index in [1.54, 1.807) is 0 Å². The lowest BCUT2D eigenvalue weighted by Crippen LogP contribution is -2.50. The molecule has 1 amide bonds. The van der Waals surface area contributed by atoms with Gasteiger partial charge in [-0.05, 0) is 80.2 Å². The Morgan fingerprint density at radius 2 is 1.59 bits per heavy atom. The predicted octanol–water partition coefficient (Wildman–Crippen LogP) is 5.54. The molecule has 0 bridgehead atoms. The topological polar surface area (TPSA) is 95.4 Å². The number of H-pyrrole nitrogens is 1. The van der Waals surface area contributed by atoms with Gasteiger partial charge in [-0.1, -0.05) is 12.8 Å². The van der Waals surface area contributed by atoms with Gasteiger partial charge in [0.05, 0.1) is 28.6 Å². The van der Waals surface area contributed by atoms with Gasteiger partial charge < -0.3 is 14.6 Å². The van der Waals surface area contributed by atoms with Crippen molar-refractivity contribution in [3.05, 3.63) is 69.2 Å². The van der Waals surface area contributed by atoms with Crippen molar-refractivity contribution in [2.24, 2.45) is 11.3 Å². The van der Waals surface area contributed by atoms with Crippen molar-refractivity contribution in [3.8, 4) is 0 Å². The SMILES string of the molecule is O=C(CN(Cc1cc(C(F)(F)F)cc(C(F)(F)F)c1)C(=O)C1(CC2CC2)CCNCC1)c1ccc2oc(=O)[nH]c2c1. The Labute approximate surface area is 229 Å². The number of hydrogen-bond donors (Lipinski definition) is 2. The third-order valence-corrected chi connectivity index (χ3v) is 7.77. The summed E-state index contributed by atoms with van der Waals surface area (Å²) >= 11 is 0. The second kappa shape index (κ2) is 10.7. The van der Waals surface area contributed by atoms with Crippen LogP contribution in [0.1, 0.15) is 59.2 Å². The first-order valence-electron chi connectivity index (χ1n) is 13.2. The van der Waals surface area contributed by atoms with E-state index in [1.165, 1.54) is 18.2 Å². The maximum absolute atomic E-state index is 14.2. The summed E-state index contributed by atoms with van der Waals surface area (Å²) < 4.78 is 86.3. The molecule has 0 radical (unpaired) electrons. The molecule has 220 valence electrons. The molecule has 1 saturated heterocycles. The molecular weight excluding hydrogens is 556 g/mol. The molecule has 2 fully saturated rings. The van der Waals surface area contributed by atoms with E-state index in [-0.39, 0.29) is 22.7 Å². The largest absolute Gasteiger partial charge is 0.417 e. The quantitative estimate of drug-likeness (QED) is 0.268. The maximum Gasteiger partial charge on any atom is 0.417 e. The molecule has 2 aromatic carbocycles. The summed E-state index contributed by atoms with van der Waals surface area (Å²) in [5, 5.41) is 3.18. The number of carbonyl (C=O) groups is 2. The number of carbonyl (C=O) groups excluding carboxylic acids is 2. The molecule has 3 aromatic rings. The van der Waals surface area contributed by atoms with Crippen LogP contribution in [0.2, 0.25) is 0 Å². The molecule has 2 aliphatic rings. The standard InChI is InChI=1S/C28H27F6N3O4/c29-27(30,31)19-9-17(10-20(12-19)28(32,33)34)14-37(24(39)26(13-16-1-2-16)5-7-35-8-6-26)15-22(38)18-3-4-23-21(11-18)36-25(40)41-23/h3-4,9-12,16,35H,1-2,5-8,13-15H2,(H,36,40). The summed E-state index contributed by atoms with van der Waals surface area (Å²) in [6.07, 6.45) is -6.83. The number of aromatic nitrogens is 1. The van der Waals surface area contributed by atoms with Crippen molar-refractivity contribution in [1.29, 1.82) is 0 Å². The molecule has 5 rings (SSSR count). The Hall–Kier alpha value is -3.61. The van der Waals surface area contributed by atoms with Crippen molar-refractivity contribution in [2.45, 2.75) is 51.0 Å². The highest BCUT2D eigenvalue weighted by Gasteiger charge is 2.46. The molecule has 0 spiro atoms. The number of nitrogens with zero attached hydrogens (tertiary/aromatic N) is 1. The highest BCUT2D eigenvalue weighted by Crippen LogP contribution is 2.46. The molecule has 7 nitrogen and oxygen atoms in total. The number of rotatable bonds is 8. The number of nitrogens with one attached hydrogen (secondary N) is 2. The molecular formula is C28H27F6N3O4. The number of hydrogen-bond acceptors (Lipinski definition) is 5. The number of Topliss-reactive ketones (excluding diaryl/α,β-unsaturated/α-hetero) is 1. The van der Waals surface area contributed by atoms with E-state index in [1.807, 2.05) is 0 Å². The van der Waals surface area contributed by atoms with E-state index < -0.39 is 65.0 Å². The van der Waals surface area contributed by atoms with E-state index in [9.17, 15) is 40.7 Å². The van der Waals surface area contributed by atoms with Gasteiger partial charge in [0.2, 0.25) is 5.91 Å². The second-order valence-corrected chi connectivity index (χ2v) is 10.9. The fourth-order valence-electron chi connectivity index (χ4n) is 5.54. The average molecular weight is 584 g/mol. The van der Waals surface area contributed by atoms with Gasteiger partial charge in [-0.25, -0.2) is 4.79 Å². The van der Waals surface area contributed by atoms with Crippen molar-refractivity contribution in [2.75, 3.05) is 19.6 Å². The Bertz CT molecular complexity index is 1480. The Kier molecular flexibility index (Phi) is 7.51. The number of halogens is 6. The van der Waals surface area contributed by atoms with Gasteiger partial charge in [0.15, 0.2) is 11.4 Å². The summed E-state index contributed by atoms with van der Waals surface area (Å²) in [5.41, 5.74) is -3.75. The molecule has 41 heavy (non-hydrogen) atoms. The first kappa shape index (κ1) is 28.9. The van der Waals surface area contributed by atoms with Gasteiger partial charge in [0.25, 0.3) is 0 Å². The van der Waals surface area contributed by atoms with Crippen molar-refractivity contribution in [3.63, 3.8) is 0 Å². The van der Waals surface area contributed by atoms with Crippen LogP contribution in [0.25, 0.3) is 11.1 Å². The zero-order valence-electron chi connectivity index (χ0n) is 21.8. The molecule has 2 N–H and O–H groups in total. The molecule has 2 heterocycles. The van der Waals surface area contributed by atoms with Gasteiger partial charge in [0.1, 0.15) is 0 Å². The molecule has 1 saturated carbocycles. The van der Waals surface area contributed by atoms with Crippen LogP contribution in [-0.4, -0.2) is 41.2 Å². The fourth-order valence-corrected chi connectivity index (χ4v) is 5.54. The zero-order chi connectivity index (χ0) is 29.6. The lowest BCUT2D eigenvalue weighted by Gasteiger charge is -2.40. The molecule has 13 heteroatoms. The van der Waals surface area contributed by atoms with Crippen LogP contribution in [-0.2, 0) is 23.7 Å². The Morgan fingerprint density at radius 1 is 0.951 bits per heavy atom. The van der Waals surface area contributed by atoms with Gasteiger partial charge in [-0.15, -0.1) is 0 Å². The summed E-state index contributed by atoms with van der Waals surface area (Å²) in [6.45, 7) is -0.162. The zero-order valence-corrected chi connectivity index (χ0v) is 21.8. The van der Waals surface area contributed by atoms with Crippen LogP contribution in [0.3, 0.4) is 0 Å². The lowest BCUT2D eigenvalue weighted by atomic mass is 9.73. The van der Waals surface area contributed by atoms with Crippen LogP contribution in [0.15, 0.2) is 45.6 Å². The number of piperidine rings is 1. The third kappa shape index (κ3) is 6.50. The average Bonchev–Trinajstić information content (AvgIpc) is 3.63. The highest BCUT2D eigenvalue weighted by atomic mass is 19.4. The summed E-state index contributed by atoms with van der Waals surface area (Å²) in [5.74, 6) is -1.50. The summed E-state index contributed by atoms with van der Waals surface area (Å²) in [7, 11) is 0. The Morgan fingerprint density at radius 3 is 2.17 bits per heavy atom. The lowest BCUT2D eigenvalue weighted by molar-refractivity contribution is -0.145. The molecule has 1 aromatic heterocycles. The van der Waals surface area contributed by atoms with Crippen LogP contribution in [0.4, 0.5) is 26.3 Å². The predicted molar refractivity (Wildman–Crippen MR) is 135 cm³/mol. The summed E-state index contributed by atoms with van der Waals surface area (Å²) in [4.78, 5) is 42.6. The van der Waals surface area contributed by atoms with Crippen molar-refractivity contribution < 1.29 is 40.3 Å². The van der Waals surface area contributed by atoms with E-state index in [0.29, 0.717) is 50.4 Å². The molecule has 0 unspecified atom stereocenters. The third-order valence-electron chi connectivity index (χ3n) is 7.77. The van der Waals surface area contributed by atoms with Crippen LogP contribution >= 0.6 is 0 Å². The molecule has 1 aliphatic carbocycles. The van der Waals surface area contributed by atoms with Crippen LogP contribution < -0.4 is 11.1 Å². The minimum absolute atomic E-state index is 0.0309. The number of amides is 1. The van der Waals surface area contributed by atoms with Crippen LogP contribution in [0, 0.1) is 11.3 Å². The van der Waals surface area contributed by atoms with E-state index in [0.717, 1.165) is 17.7 Å². The second-order valence-electron chi connectivity index (χ2n) is 10.9. The minimum Gasteiger partial charge on any atom is -0.408 e. The van der Waals surface area contributed by atoms with Crippen LogP contribution in [0.5, 0.6) is 0 Å². The van der Waals surface area contributed by atoms with E-state index >= 15 is 0 Å². The fraction of sp³-hybridized carbons (Fsp3) is 0.464. The van der Waals surface area contributed by atoms with Crippen molar-refractivity contribution >= 4 is 22.8 Å². The number of ketones is 1. The van der Waals surface area contributed by atoms with Gasteiger partial charge in [0, 0.05) is 12.1 Å². The number of oxazole rings is 1. The maximum atomic E-state index is 14.2. The Balaban J connectivity index is 1.52. The van der Waals surface area contributed by atoms with E-state index in [2.05, 4.69) is 10.3 Å². The monoisotopic (exact) mass is 583 g/mol. The molecule has 0 atom stereocenters. The first-order valence-corrected chi connectivity index (χ1v) is 13.2.